The van der Waals surface area contributed by atoms with Crippen molar-refractivity contribution < 1.29 is 9.18 Å². The van der Waals surface area contributed by atoms with Crippen molar-refractivity contribution in [3.8, 4) is 5.69 Å². The Hall–Kier alpha value is -3.02. The number of aromatic nitrogens is 3. The van der Waals surface area contributed by atoms with Crippen LogP contribution in [0, 0.1) is 5.82 Å². The lowest BCUT2D eigenvalue weighted by molar-refractivity contribution is 0.0985. The zero-order valence-corrected chi connectivity index (χ0v) is 14.8. The molecule has 6 heteroatoms. The molecule has 5 nitrogen and oxygen atoms in total. The molecule has 0 radical (unpaired) electrons. The van der Waals surface area contributed by atoms with Crippen LogP contribution in [0.1, 0.15) is 41.6 Å². The van der Waals surface area contributed by atoms with Gasteiger partial charge in [-0.05, 0) is 43.2 Å². The number of nitrogens with zero attached hydrogens (tertiary/aromatic N) is 4. The summed E-state index contributed by atoms with van der Waals surface area (Å²) in [4.78, 5) is 19.0. The lowest BCUT2D eigenvalue weighted by atomic mass is 9.80. The highest BCUT2D eigenvalue weighted by atomic mass is 19.1. The van der Waals surface area contributed by atoms with E-state index in [2.05, 4.69) is 10.1 Å². The molecule has 0 unspecified atom stereocenters. The first-order valence-electron chi connectivity index (χ1n) is 9.24. The molecule has 2 heterocycles. The average molecular weight is 362 g/mol. The van der Waals surface area contributed by atoms with Gasteiger partial charge in [0.15, 0.2) is 0 Å². The molecule has 1 aromatic heterocycles. The number of rotatable bonds is 2. The molecule has 1 amide bonds. The number of fused-ring (bicyclic) bond motifs is 2. The fraction of sp³-hybridized carbons (Fsp3) is 0.286. The van der Waals surface area contributed by atoms with Crippen LogP contribution in [0.15, 0.2) is 55.1 Å². The molecular weight excluding hydrogens is 343 g/mol. The number of anilines is 1. The van der Waals surface area contributed by atoms with Gasteiger partial charge in [0.05, 0.1) is 11.4 Å². The molecule has 0 bridgehead atoms. The number of carbonyl (C=O) groups excluding carboxylic acids is 1. The van der Waals surface area contributed by atoms with Crippen LogP contribution in [0.25, 0.3) is 5.69 Å². The van der Waals surface area contributed by atoms with Gasteiger partial charge in [-0.3, -0.25) is 4.79 Å². The number of carbonyl (C=O) groups is 1. The number of amides is 1. The average Bonchev–Trinajstić information content (AvgIpc) is 3.43. The van der Waals surface area contributed by atoms with E-state index in [9.17, 15) is 9.18 Å². The summed E-state index contributed by atoms with van der Waals surface area (Å²) in [5.74, 6) is -0.298. The van der Waals surface area contributed by atoms with E-state index in [-0.39, 0.29) is 17.1 Å². The van der Waals surface area contributed by atoms with E-state index in [0.717, 1.165) is 36.9 Å². The Morgan fingerprint density at radius 2 is 1.93 bits per heavy atom. The summed E-state index contributed by atoms with van der Waals surface area (Å²) in [5.41, 5.74) is 2.54. The van der Waals surface area contributed by atoms with Crippen LogP contribution in [0.4, 0.5) is 10.1 Å². The van der Waals surface area contributed by atoms with E-state index in [4.69, 9.17) is 0 Å². The van der Waals surface area contributed by atoms with Crippen LogP contribution in [0.2, 0.25) is 0 Å². The summed E-state index contributed by atoms with van der Waals surface area (Å²) in [6.45, 7) is 0.551. The van der Waals surface area contributed by atoms with Gasteiger partial charge in [0.1, 0.15) is 18.5 Å². The van der Waals surface area contributed by atoms with Crippen molar-refractivity contribution in [1.29, 1.82) is 0 Å². The molecule has 5 rings (SSSR count). The smallest absolute Gasteiger partial charge is 0.258 e. The second-order valence-electron chi connectivity index (χ2n) is 7.40. The first kappa shape index (κ1) is 16.2. The van der Waals surface area contributed by atoms with Gasteiger partial charge in [0.25, 0.3) is 5.91 Å². The molecule has 136 valence electrons. The van der Waals surface area contributed by atoms with Gasteiger partial charge in [-0.1, -0.05) is 25.0 Å². The van der Waals surface area contributed by atoms with Gasteiger partial charge in [0, 0.05) is 23.1 Å². The Morgan fingerprint density at radius 3 is 2.70 bits per heavy atom. The van der Waals surface area contributed by atoms with Crippen LogP contribution in [0.5, 0.6) is 0 Å². The van der Waals surface area contributed by atoms with E-state index in [1.54, 1.807) is 34.1 Å². The predicted molar refractivity (Wildman–Crippen MR) is 99.6 cm³/mol. The molecule has 1 saturated carbocycles. The summed E-state index contributed by atoms with van der Waals surface area (Å²) >= 11 is 0. The first-order chi connectivity index (χ1) is 13.2. The van der Waals surface area contributed by atoms with Crippen molar-refractivity contribution in [3.63, 3.8) is 0 Å². The molecule has 2 aliphatic rings. The van der Waals surface area contributed by atoms with Gasteiger partial charge in [-0.15, -0.1) is 0 Å². The van der Waals surface area contributed by atoms with E-state index >= 15 is 0 Å². The SMILES string of the molecule is O=C(c1cccc(-n2cncn2)c1)N1CC2(CCCC2)c2c(F)cccc21. The largest absolute Gasteiger partial charge is 0.307 e. The Labute approximate surface area is 156 Å². The molecule has 1 fully saturated rings. The maximum Gasteiger partial charge on any atom is 0.258 e. The van der Waals surface area contributed by atoms with E-state index < -0.39 is 0 Å². The predicted octanol–water partition coefficient (Wildman–Crippen LogP) is 3.88. The molecule has 1 aliphatic carbocycles. The summed E-state index contributed by atoms with van der Waals surface area (Å²) in [5, 5.41) is 4.12. The minimum absolute atomic E-state index is 0.104. The highest BCUT2D eigenvalue weighted by Crippen LogP contribution is 2.51. The highest BCUT2D eigenvalue weighted by molar-refractivity contribution is 6.08. The molecule has 1 spiro atoms. The second-order valence-corrected chi connectivity index (χ2v) is 7.40. The molecule has 3 aromatic rings. The van der Waals surface area contributed by atoms with Crippen molar-refractivity contribution in [2.24, 2.45) is 0 Å². The highest BCUT2D eigenvalue weighted by Gasteiger charge is 2.48. The number of benzene rings is 2. The van der Waals surface area contributed by atoms with Gasteiger partial charge in [0.2, 0.25) is 0 Å². The molecule has 1 aliphatic heterocycles. The Morgan fingerprint density at radius 1 is 1.11 bits per heavy atom. The topological polar surface area (TPSA) is 51.0 Å². The van der Waals surface area contributed by atoms with E-state index in [1.165, 1.54) is 12.4 Å². The Kier molecular flexibility index (Phi) is 3.60. The summed E-state index contributed by atoms with van der Waals surface area (Å²) in [6, 6.07) is 12.4. The number of hydrogen-bond acceptors (Lipinski definition) is 3. The van der Waals surface area contributed by atoms with Crippen LogP contribution in [-0.4, -0.2) is 27.2 Å². The van der Waals surface area contributed by atoms with Crippen LogP contribution < -0.4 is 4.90 Å². The van der Waals surface area contributed by atoms with Crippen molar-refractivity contribution in [3.05, 3.63) is 72.1 Å². The van der Waals surface area contributed by atoms with Crippen LogP contribution >= 0.6 is 0 Å². The Bertz CT molecular complexity index is 1010. The van der Waals surface area contributed by atoms with Crippen molar-refractivity contribution in [1.82, 2.24) is 14.8 Å². The third-order valence-corrected chi connectivity index (χ3v) is 5.86. The summed E-state index contributed by atoms with van der Waals surface area (Å²) < 4.78 is 16.3. The fourth-order valence-electron chi connectivity index (χ4n) is 4.65. The second kappa shape index (κ2) is 6.01. The molecular formula is C21H19FN4O. The summed E-state index contributed by atoms with van der Waals surface area (Å²) in [6.07, 6.45) is 7.08. The third-order valence-electron chi connectivity index (χ3n) is 5.86. The zero-order chi connectivity index (χ0) is 18.4. The van der Waals surface area contributed by atoms with Crippen molar-refractivity contribution >= 4 is 11.6 Å². The maximum atomic E-state index is 14.7. The van der Waals surface area contributed by atoms with Gasteiger partial charge < -0.3 is 4.90 Å². The molecule has 2 aromatic carbocycles. The van der Waals surface area contributed by atoms with Gasteiger partial charge in [-0.2, -0.15) is 5.10 Å². The Balaban J connectivity index is 1.55. The number of halogens is 1. The lowest BCUT2D eigenvalue weighted by Gasteiger charge is -2.25. The normalized spacial score (nSPS) is 17.4. The van der Waals surface area contributed by atoms with Gasteiger partial charge >= 0.3 is 0 Å². The van der Waals surface area contributed by atoms with Crippen molar-refractivity contribution in [2.45, 2.75) is 31.1 Å². The monoisotopic (exact) mass is 362 g/mol. The standard InChI is InChI=1S/C21H19FN4O/c22-17-7-4-8-18-19(17)21(9-1-2-10-21)12-25(18)20(27)15-5-3-6-16(11-15)26-14-23-13-24-26/h3-8,11,13-14H,1-2,9-10,12H2. The lowest BCUT2D eigenvalue weighted by Crippen LogP contribution is -2.35. The van der Waals surface area contributed by atoms with Gasteiger partial charge in [-0.25, -0.2) is 14.1 Å². The quantitative estimate of drug-likeness (QED) is 0.695. The maximum absolute atomic E-state index is 14.7. The van der Waals surface area contributed by atoms with Crippen LogP contribution in [0.3, 0.4) is 0 Å². The molecule has 27 heavy (non-hydrogen) atoms. The van der Waals surface area contributed by atoms with Crippen LogP contribution in [-0.2, 0) is 5.41 Å². The first-order valence-corrected chi connectivity index (χ1v) is 9.24. The number of hydrogen-bond donors (Lipinski definition) is 0. The molecule has 0 saturated heterocycles. The minimum Gasteiger partial charge on any atom is -0.307 e. The molecule has 0 N–H and O–H groups in total. The van der Waals surface area contributed by atoms with E-state index in [0.29, 0.717) is 17.8 Å². The summed E-state index contributed by atoms with van der Waals surface area (Å²) in [7, 11) is 0. The fourth-order valence-corrected chi connectivity index (χ4v) is 4.65. The molecule has 0 atom stereocenters. The zero-order valence-electron chi connectivity index (χ0n) is 14.8. The van der Waals surface area contributed by atoms with Crippen molar-refractivity contribution in [2.75, 3.05) is 11.4 Å². The van der Waals surface area contributed by atoms with E-state index in [1.807, 2.05) is 18.2 Å². The minimum atomic E-state index is -0.236. The third kappa shape index (κ3) is 2.47.